The lowest BCUT2D eigenvalue weighted by Crippen LogP contribution is -2.41. The highest BCUT2D eigenvalue weighted by Crippen LogP contribution is 2.44. The van der Waals surface area contributed by atoms with Gasteiger partial charge in [-0.15, -0.1) is 0 Å². The Morgan fingerprint density at radius 1 is 1.00 bits per heavy atom. The number of benzene rings is 3. The molecule has 8 nitrogen and oxygen atoms in total. The highest BCUT2D eigenvalue weighted by atomic mass is 16.6. The lowest BCUT2D eigenvalue weighted by atomic mass is 9.80. The molecule has 202 valence electrons. The summed E-state index contributed by atoms with van der Waals surface area (Å²) in [6.45, 7) is 0.593. The van der Waals surface area contributed by atoms with Gasteiger partial charge in [-0.2, -0.15) is 5.26 Å². The van der Waals surface area contributed by atoms with Gasteiger partial charge in [0.25, 0.3) is 0 Å². The lowest BCUT2D eigenvalue weighted by Gasteiger charge is -2.37. The number of amides is 1. The Morgan fingerprint density at radius 3 is 2.27 bits per heavy atom. The molecule has 2 aliphatic heterocycles. The Bertz CT molecular complexity index is 1520. The molecule has 1 unspecified atom stereocenters. The molecule has 2 aliphatic rings. The van der Waals surface area contributed by atoms with E-state index < -0.39 is 12.0 Å². The van der Waals surface area contributed by atoms with E-state index in [0.29, 0.717) is 11.5 Å². The van der Waals surface area contributed by atoms with Crippen LogP contribution in [0.2, 0.25) is 0 Å². The maximum atomic E-state index is 13.3. The number of rotatable bonds is 6. The van der Waals surface area contributed by atoms with Crippen molar-refractivity contribution in [3.05, 3.63) is 124 Å². The van der Waals surface area contributed by atoms with Crippen molar-refractivity contribution in [2.75, 3.05) is 27.3 Å². The molecule has 0 saturated heterocycles. The van der Waals surface area contributed by atoms with E-state index in [1.54, 1.807) is 19.1 Å². The Hall–Kier alpha value is -5.16. The molecule has 0 spiro atoms. The molecule has 5 rings (SSSR count). The van der Waals surface area contributed by atoms with Crippen LogP contribution in [0.25, 0.3) is 6.08 Å². The second-order valence-corrected chi connectivity index (χ2v) is 9.39. The van der Waals surface area contributed by atoms with Gasteiger partial charge >= 0.3 is 6.09 Å². The predicted octanol–water partition coefficient (Wildman–Crippen LogP) is 5.50. The van der Waals surface area contributed by atoms with Crippen molar-refractivity contribution in [1.82, 2.24) is 4.90 Å². The van der Waals surface area contributed by atoms with Gasteiger partial charge in [-0.25, -0.2) is 4.79 Å². The molecule has 1 atom stereocenters. The van der Waals surface area contributed by atoms with Gasteiger partial charge in [0.05, 0.1) is 33.2 Å². The number of nitrogens with two attached hydrogens (primary N) is 1. The number of carbonyl (C=O) groups is 1. The van der Waals surface area contributed by atoms with E-state index >= 15 is 0 Å². The summed E-state index contributed by atoms with van der Waals surface area (Å²) in [5.41, 5.74) is 10.7. The molecule has 0 radical (unpaired) electrons. The third-order valence-corrected chi connectivity index (χ3v) is 6.91. The highest BCUT2D eigenvalue weighted by molar-refractivity contribution is 5.72. The van der Waals surface area contributed by atoms with Crippen molar-refractivity contribution in [3.63, 3.8) is 0 Å². The maximum Gasteiger partial charge on any atom is 0.410 e. The van der Waals surface area contributed by atoms with Gasteiger partial charge in [0.1, 0.15) is 35.5 Å². The summed E-state index contributed by atoms with van der Waals surface area (Å²) in [7, 11) is 3.21. The lowest BCUT2D eigenvalue weighted by molar-refractivity contribution is 0.0983. The summed E-state index contributed by atoms with van der Waals surface area (Å²) in [4.78, 5) is 15.0. The minimum atomic E-state index is -0.511. The van der Waals surface area contributed by atoms with E-state index in [1.165, 1.54) is 0 Å². The first-order chi connectivity index (χ1) is 19.5. The topological polar surface area (TPSA) is 107 Å². The molecular weight excluding hydrogens is 506 g/mol. The van der Waals surface area contributed by atoms with Gasteiger partial charge < -0.3 is 24.7 Å². The van der Waals surface area contributed by atoms with Gasteiger partial charge in [-0.05, 0) is 47.0 Å². The van der Waals surface area contributed by atoms with Gasteiger partial charge in [-0.1, -0.05) is 54.6 Å². The first-order valence-electron chi connectivity index (χ1n) is 12.8. The molecule has 1 amide bonds. The van der Waals surface area contributed by atoms with Crippen LogP contribution in [0.1, 0.15) is 22.6 Å². The molecule has 0 aromatic heterocycles. The Morgan fingerprint density at radius 2 is 1.65 bits per heavy atom. The molecule has 0 aliphatic carbocycles. The molecule has 8 heteroatoms. The van der Waals surface area contributed by atoms with Crippen LogP contribution in [0.5, 0.6) is 11.5 Å². The molecular formula is C32H29N3O5. The Balaban J connectivity index is 1.55. The predicted molar refractivity (Wildman–Crippen MR) is 150 cm³/mol. The van der Waals surface area contributed by atoms with Crippen molar-refractivity contribution in [2.45, 2.75) is 12.5 Å². The molecule has 0 saturated carbocycles. The van der Waals surface area contributed by atoms with Gasteiger partial charge in [0, 0.05) is 11.1 Å². The Labute approximate surface area is 233 Å². The maximum absolute atomic E-state index is 13.3. The van der Waals surface area contributed by atoms with Crippen LogP contribution >= 0.6 is 0 Å². The summed E-state index contributed by atoms with van der Waals surface area (Å²) >= 11 is 0. The van der Waals surface area contributed by atoms with E-state index in [2.05, 4.69) is 6.07 Å². The average molecular weight is 536 g/mol. The van der Waals surface area contributed by atoms with Crippen LogP contribution in [0.15, 0.2) is 107 Å². The van der Waals surface area contributed by atoms with Crippen LogP contribution in [0, 0.1) is 11.3 Å². The molecule has 3 aromatic rings. The number of hydrogen-bond acceptors (Lipinski definition) is 7. The summed E-state index contributed by atoms with van der Waals surface area (Å²) in [6.07, 6.45) is 1.48. The number of nitriles is 1. The average Bonchev–Trinajstić information content (AvgIpc) is 3.00. The second-order valence-electron chi connectivity index (χ2n) is 9.39. The standard InChI is InChI=1S/C32H29N3O5/c1-37-25-12-8-21(9-13-25)16-24-18-35(32(36)39-20-22-6-4-3-5-7-22)19-28-29(23-10-14-26(38-2)15-11-23)27(17-33)31(34)40-30(24)28/h3-16,29H,18-20,34H2,1-2H3/b24-16+. The Kier molecular flexibility index (Phi) is 7.74. The smallest absolute Gasteiger partial charge is 0.410 e. The van der Waals surface area contributed by atoms with Crippen molar-refractivity contribution >= 4 is 12.2 Å². The molecule has 2 N–H and O–H groups in total. The highest BCUT2D eigenvalue weighted by Gasteiger charge is 2.39. The monoisotopic (exact) mass is 535 g/mol. The zero-order chi connectivity index (χ0) is 28.1. The number of carbonyl (C=O) groups excluding carboxylic acids is 1. The van der Waals surface area contributed by atoms with Crippen molar-refractivity contribution in [2.24, 2.45) is 5.73 Å². The van der Waals surface area contributed by atoms with Crippen LogP contribution < -0.4 is 15.2 Å². The number of allylic oxidation sites excluding steroid dienone is 1. The van der Waals surface area contributed by atoms with E-state index in [-0.39, 0.29) is 31.2 Å². The quantitative estimate of drug-likeness (QED) is 0.444. The molecule has 2 heterocycles. The number of nitrogens with zero attached hydrogens (tertiary/aromatic N) is 2. The largest absolute Gasteiger partial charge is 0.497 e. The van der Waals surface area contributed by atoms with Crippen molar-refractivity contribution < 1.29 is 23.7 Å². The molecule has 40 heavy (non-hydrogen) atoms. The number of hydrogen-bond donors (Lipinski definition) is 1. The fraction of sp³-hybridized carbons (Fsp3) is 0.188. The van der Waals surface area contributed by atoms with Crippen LogP contribution in [0.4, 0.5) is 4.79 Å². The zero-order valence-electron chi connectivity index (χ0n) is 22.3. The minimum absolute atomic E-state index is 0.0443. The van der Waals surface area contributed by atoms with Crippen LogP contribution in [-0.2, 0) is 16.1 Å². The molecule has 0 fully saturated rings. The van der Waals surface area contributed by atoms with E-state index in [1.807, 2.05) is 84.9 Å². The summed E-state index contributed by atoms with van der Waals surface area (Å²) < 4.78 is 22.4. The summed E-state index contributed by atoms with van der Waals surface area (Å²) in [5, 5.41) is 10.1. The fourth-order valence-electron chi connectivity index (χ4n) is 4.89. The SMILES string of the molecule is COc1ccc(/C=C2\CN(C(=O)OCc3ccccc3)CC3=C2OC(N)=C(C#N)C3c2ccc(OC)cc2)cc1. The first kappa shape index (κ1) is 26.4. The first-order valence-corrected chi connectivity index (χ1v) is 12.8. The molecule has 3 aromatic carbocycles. The third-order valence-electron chi connectivity index (χ3n) is 6.91. The van der Waals surface area contributed by atoms with Gasteiger partial charge in [0.2, 0.25) is 5.88 Å². The van der Waals surface area contributed by atoms with Gasteiger partial charge in [0.15, 0.2) is 0 Å². The second kappa shape index (κ2) is 11.7. The van der Waals surface area contributed by atoms with Crippen molar-refractivity contribution in [3.8, 4) is 17.6 Å². The van der Waals surface area contributed by atoms with E-state index in [0.717, 1.165) is 33.6 Å². The number of ether oxygens (including phenoxy) is 4. The summed E-state index contributed by atoms with van der Waals surface area (Å²) in [6, 6.07) is 26.8. The summed E-state index contributed by atoms with van der Waals surface area (Å²) in [5.74, 6) is 1.51. The zero-order valence-corrected chi connectivity index (χ0v) is 22.3. The van der Waals surface area contributed by atoms with Crippen LogP contribution in [0.3, 0.4) is 0 Å². The molecule has 0 bridgehead atoms. The van der Waals surface area contributed by atoms with E-state index in [4.69, 9.17) is 24.7 Å². The third kappa shape index (κ3) is 5.49. The number of methoxy groups -OCH3 is 2. The normalized spacial score (nSPS) is 17.6. The van der Waals surface area contributed by atoms with E-state index in [9.17, 15) is 10.1 Å². The van der Waals surface area contributed by atoms with Gasteiger partial charge in [-0.3, -0.25) is 4.90 Å². The minimum Gasteiger partial charge on any atom is -0.497 e. The van der Waals surface area contributed by atoms with Crippen LogP contribution in [-0.4, -0.2) is 38.3 Å². The fourth-order valence-corrected chi connectivity index (χ4v) is 4.89. The van der Waals surface area contributed by atoms with Crippen molar-refractivity contribution in [1.29, 1.82) is 5.26 Å².